The van der Waals surface area contributed by atoms with Gasteiger partial charge in [-0.1, -0.05) is 6.58 Å². The Morgan fingerprint density at radius 3 is 2.38 bits per heavy atom. The minimum Gasteiger partial charge on any atom is -0.377 e. The van der Waals surface area contributed by atoms with Gasteiger partial charge in [0.15, 0.2) is 0 Å². The van der Waals surface area contributed by atoms with Gasteiger partial charge in [0.2, 0.25) is 0 Å². The van der Waals surface area contributed by atoms with Gasteiger partial charge in [-0.2, -0.15) is 0 Å². The van der Waals surface area contributed by atoms with E-state index < -0.39 is 0 Å². The van der Waals surface area contributed by atoms with Crippen molar-refractivity contribution in [1.29, 1.82) is 0 Å². The molecule has 2 fully saturated rings. The Bertz CT molecular complexity index is 110. The monoisotopic (exact) mass is 109 g/mol. The van der Waals surface area contributed by atoms with Crippen molar-refractivity contribution in [3.63, 3.8) is 0 Å². The van der Waals surface area contributed by atoms with Gasteiger partial charge in [-0.05, 0) is 24.5 Å². The van der Waals surface area contributed by atoms with E-state index in [9.17, 15) is 0 Å². The van der Waals surface area contributed by atoms with Crippen LogP contribution in [0.4, 0.5) is 0 Å². The van der Waals surface area contributed by atoms with E-state index >= 15 is 0 Å². The lowest BCUT2D eigenvalue weighted by atomic mass is 10.4. The molecule has 1 saturated carbocycles. The molecule has 2 atom stereocenters. The van der Waals surface area contributed by atoms with E-state index in [1.807, 2.05) is 6.20 Å². The molecule has 8 heavy (non-hydrogen) atoms. The average molecular weight is 109 g/mol. The Kier molecular flexibility index (Phi) is 0.706. The minimum atomic E-state index is 1.05. The van der Waals surface area contributed by atoms with E-state index in [1.165, 1.54) is 19.5 Å². The Hall–Kier alpha value is -0.460. The maximum Gasteiger partial charge on any atom is 0.0204 e. The Balaban J connectivity index is 1.98. The van der Waals surface area contributed by atoms with Crippen LogP contribution in [0.2, 0.25) is 0 Å². The van der Waals surface area contributed by atoms with Crippen molar-refractivity contribution in [2.24, 2.45) is 11.8 Å². The van der Waals surface area contributed by atoms with Crippen LogP contribution >= 0.6 is 0 Å². The number of hydrogen-bond donors (Lipinski definition) is 0. The van der Waals surface area contributed by atoms with Crippen molar-refractivity contribution in [3.05, 3.63) is 12.8 Å². The number of hydrogen-bond acceptors (Lipinski definition) is 1. The zero-order chi connectivity index (χ0) is 5.56. The largest absolute Gasteiger partial charge is 0.377 e. The molecule has 0 N–H and O–H groups in total. The lowest BCUT2D eigenvalue weighted by Crippen LogP contribution is -2.14. The van der Waals surface area contributed by atoms with Gasteiger partial charge in [0.1, 0.15) is 0 Å². The second-order valence-corrected chi connectivity index (χ2v) is 2.89. The maximum atomic E-state index is 3.72. The molecule has 0 amide bonds. The molecule has 1 heteroatoms. The number of nitrogens with zero attached hydrogens (tertiary/aromatic N) is 1. The van der Waals surface area contributed by atoms with E-state index in [0.29, 0.717) is 0 Å². The van der Waals surface area contributed by atoms with Gasteiger partial charge in [-0.25, -0.2) is 0 Å². The number of likely N-dealkylation sites (tertiary alicyclic amines) is 1. The van der Waals surface area contributed by atoms with Crippen LogP contribution in [0.25, 0.3) is 0 Å². The summed E-state index contributed by atoms with van der Waals surface area (Å²) in [5.74, 6) is 2.10. The van der Waals surface area contributed by atoms with Crippen molar-refractivity contribution in [3.8, 4) is 0 Å². The lowest BCUT2D eigenvalue weighted by molar-refractivity contribution is 0.418. The van der Waals surface area contributed by atoms with Crippen LogP contribution in [0, 0.1) is 11.8 Å². The SMILES string of the molecule is C=CN1CC2CC2C1. The summed E-state index contributed by atoms with van der Waals surface area (Å²) in [6.45, 7) is 6.30. The van der Waals surface area contributed by atoms with Gasteiger partial charge in [-0.3, -0.25) is 0 Å². The van der Waals surface area contributed by atoms with Crippen molar-refractivity contribution in [1.82, 2.24) is 4.90 Å². The first-order valence-corrected chi connectivity index (χ1v) is 3.27. The van der Waals surface area contributed by atoms with Crippen LogP contribution in [0.15, 0.2) is 12.8 Å². The molecule has 2 rings (SSSR count). The van der Waals surface area contributed by atoms with E-state index in [0.717, 1.165) is 11.8 Å². The van der Waals surface area contributed by atoms with E-state index in [4.69, 9.17) is 0 Å². The molecule has 0 aromatic heterocycles. The second-order valence-electron chi connectivity index (χ2n) is 2.89. The van der Waals surface area contributed by atoms with Gasteiger partial charge in [0.25, 0.3) is 0 Å². The second kappa shape index (κ2) is 1.28. The number of rotatable bonds is 1. The summed E-state index contributed by atoms with van der Waals surface area (Å²) in [5, 5.41) is 0. The van der Waals surface area contributed by atoms with E-state index in [1.54, 1.807) is 0 Å². The maximum absolute atomic E-state index is 3.72. The molecule has 0 radical (unpaired) electrons. The van der Waals surface area contributed by atoms with Crippen molar-refractivity contribution in [2.75, 3.05) is 13.1 Å². The summed E-state index contributed by atoms with van der Waals surface area (Å²) in [5.41, 5.74) is 0. The molecule has 44 valence electrons. The topological polar surface area (TPSA) is 3.24 Å². The quantitative estimate of drug-likeness (QED) is 0.487. The molecule has 1 nitrogen and oxygen atoms in total. The van der Waals surface area contributed by atoms with Crippen molar-refractivity contribution >= 4 is 0 Å². The van der Waals surface area contributed by atoms with Gasteiger partial charge in [0, 0.05) is 13.1 Å². The Morgan fingerprint density at radius 2 is 2.00 bits per heavy atom. The van der Waals surface area contributed by atoms with Crippen LogP contribution in [-0.2, 0) is 0 Å². The standard InChI is InChI=1S/C7H11N/c1-2-8-4-6-3-7(6)5-8/h2,6-7H,1,3-5H2. The summed E-state index contributed by atoms with van der Waals surface area (Å²) >= 11 is 0. The zero-order valence-corrected chi connectivity index (χ0v) is 5.01. The zero-order valence-electron chi connectivity index (χ0n) is 5.01. The highest BCUT2D eigenvalue weighted by atomic mass is 15.2. The van der Waals surface area contributed by atoms with Crippen molar-refractivity contribution in [2.45, 2.75) is 6.42 Å². The highest BCUT2D eigenvalue weighted by molar-refractivity contribution is 4.99. The third-order valence-corrected chi connectivity index (χ3v) is 2.27. The minimum absolute atomic E-state index is 1.05. The van der Waals surface area contributed by atoms with E-state index in [-0.39, 0.29) is 0 Å². The summed E-state index contributed by atoms with van der Waals surface area (Å²) in [6.07, 6.45) is 3.45. The van der Waals surface area contributed by atoms with Crippen LogP contribution < -0.4 is 0 Å². The fourth-order valence-electron chi connectivity index (χ4n) is 1.58. The van der Waals surface area contributed by atoms with Crippen molar-refractivity contribution < 1.29 is 0 Å². The van der Waals surface area contributed by atoms with Crippen LogP contribution in [0.3, 0.4) is 0 Å². The molecule has 0 spiro atoms. The molecule has 1 aliphatic heterocycles. The lowest BCUT2D eigenvalue weighted by Gasteiger charge is -2.11. The molecule has 1 aliphatic carbocycles. The first kappa shape index (κ1) is 4.42. The van der Waals surface area contributed by atoms with Gasteiger partial charge >= 0.3 is 0 Å². The molecular formula is C7H11N. The molecule has 1 saturated heterocycles. The molecule has 0 bridgehead atoms. The predicted octanol–water partition coefficient (Wildman–Crippen LogP) is 1.08. The summed E-state index contributed by atoms with van der Waals surface area (Å²) < 4.78 is 0. The number of piperidine rings is 1. The highest BCUT2D eigenvalue weighted by Crippen LogP contribution is 2.44. The summed E-state index contributed by atoms with van der Waals surface area (Å²) in [6, 6.07) is 0. The Labute approximate surface area is 50.0 Å². The van der Waals surface area contributed by atoms with E-state index in [2.05, 4.69) is 11.5 Å². The Morgan fingerprint density at radius 1 is 1.38 bits per heavy atom. The first-order valence-electron chi connectivity index (χ1n) is 3.27. The fraction of sp³-hybridized carbons (Fsp3) is 0.714. The van der Waals surface area contributed by atoms with Gasteiger partial charge < -0.3 is 4.90 Å². The highest BCUT2D eigenvalue weighted by Gasteiger charge is 2.43. The normalized spacial score (nSPS) is 41.8. The smallest absolute Gasteiger partial charge is 0.0204 e. The summed E-state index contributed by atoms with van der Waals surface area (Å²) in [4.78, 5) is 2.32. The summed E-state index contributed by atoms with van der Waals surface area (Å²) in [7, 11) is 0. The average Bonchev–Trinajstić information content (AvgIpc) is 2.40. The molecular weight excluding hydrogens is 98.1 g/mol. The fourth-order valence-corrected chi connectivity index (χ4v) is 1.58. The molecule has 0 aromatic carbocycles. The molecule has 1 heterocycles. The van der Waals surface area contributed by atoms with Crippen LogP contribution in [0.5, 0.6) is 0 Å². The molecule has 2 unspecified atom stereocenters. The first-order chi connectivity index (χ1) is 3.90. The van der Waals surface area contributed by atoms with Gasteiger partial charge in [0.05, 0.1) is 0 Å². The molecule has 0 aromatic rings. The third-order valence-electron chi connectivity index (χ3n) is 2.27. The van der Waals surface area contributed by atoms with Gasteiger partial charge in [-0.15, -0.1) is 0 Å². The third kappa shape index (κ3) is 0.473. The molecule has 2 aliphatic rings. The van der Waals surface area contributed by atoms with Crippen LogP contribution in [-0.4, -0.2) is 18.0 Å². The number of fused-ring (bicyclic) bond motifs is 1. The van der Waals surface area contributed by atoms with Crippen LogP contribution in [0.1, 0.15) is 6.42 Å². The predicted molar refractivity (Wildman–Crippen MR) is 33.4 cm³/mol.